The van der Waals surface area contributed by atoms with Gasteiger partial charge in [-0.05, 0) is 49.4 Å². The molecule has 0 amide bonds. The van der Waals surface area contributed by atoms with Gasteiger partial charge in [-0.2, -0.15) is 17.0 Å². The molecule has 1 unspecified atom stereocenters. The van der Waals surface area contributed by atoms with Crippen molar-refractivity contribution >= 4 is 10.2 Å². The van der Waals surface area contributed by atoms with Gasteiger partial charge in [0.15, 0.2) is 0 Å². The van der Waals surface area contributed by atoms with E-state index in [9.17, 15) is 8.42 Å². The van der Waals surface area contributed by atoms with E-state index in [1.165, 1.54) is 36.4 Å². The molecule has 0 aromatic carbocycles. The molecule has 0 N–H and O–H groups in total. The van der Waals surface area contributed by atoms with Gasteiger partial charge in [0.05, 0.1) is 6.10 Å². The number of hydrogen-bond donors (Lipinski definition) is 0. The molecule has 29 heavy (non-hydrogen) atoms. The van der Waals surface area contributed by atoms with E-state index in [0.29, 0.717) is 36.6 Å². The maximum absolute atomic E-state index is 12.1. The van der Waals surface area contributed by atoms with Crippen LogP contribution >= 0.6 is 0 Å². The number of unbranched alkanes of at least 4 members (excludes halogenated alkanes) is 2. The largest absolute Gasteiger partial charge is 0.378 e. The van der Waals surface area contributed by atoms with Crippen molar-refractivity contribution in [1.29, 1.82) is 0 Å². The predicted molar refractivity (Wildman–Crippen MR) is 123 cm³/mol. The minimum absolute atomic E-state index is 0.346. The first-order valence-corrected chi connectivity index (χ1v) is 13.0. The summed E-state index contributed by atoms with van der Waals surface area (Å²) >= 11 is 0. The van der Waals surface area contributed by atoms with Crippen molar-refractivity contribution in [3.63, 3.8) is 0 Å². The Morgan fingerprint density at radius 1 is 0.828 bits per heavy atom. The molecule has 1 fully saturated rings. The fourth-order valence-corrected chi connectivity index (χ4v) is 5.12. The molecule has 0 radical (unpaired) electrons. The van der Waals surface area contributed by atoms with Gasteiger partial charge in [0.2, 0.25) is 0 Å². The second-order valence-electron chi connectivity index (χ2n) is 11.2. The number of nitrogens with zero attached hydrogens (tertiary/aromatic N) is 2. The first-order valence-electron chi connectivity index (χ1n) is 11.6. The van der Waals surface area contributed by atoms with Crippen molar-refractivity contribution in [2.45, 2.75) is 105 Å². The summed E-state index contributed by atoms with van der Waals surface area (Å²) in [5, 5.41) is 0. The van der Waals surface area contributed by atoms with Crippen LogP contribution in [0.15, 0.2) is 0 Å². The van der Waals surface area contributed by atoms with Gasteiger partial charge in [-0.25, -0.2) is 0 Å². The maximum Gasteiger partial charge on any atom is 0.281 e. The minimum atomic E-state index is -3.20. The molecule has 0 aromatic rings. The van der Waals surface area contributed by atoms with Crippen LogP contribution < -0.4 is 0 Å². The van der Waals surface area contributed by atoms with Crippen LogP contribution in [0.4, 0.5) is 0 Å². The van der Waals surface area contributed by atoms with Gasteiger partial charge >= 0.3 is 0 Å². The van der Waals surface area contributed by atoms with Crippen molar-refractivity contribution < 1.29 is 13.2 Å². The van der Waals surface area contributed by atoms with Crippen LogP contribution in [0.1, 0.15) is 99.3 Å². The molecule has 5 nitrogen and oxygen atoms in total. The maximum atomic E-state index is 12.1. The zero-order chi connectivity index (χ0) is 22.1. The Hall–Kier alpha value is -0.170. The van der Waals surface area contributed by atoms with E-state index < -0.39 is 10.2 Å². The molecular weight excluding hydrogens is 384 g/mol. The molecule has 0 bridgehead atoms. The van der Waals surface area contributed by atoms with E-state index in [1.54, 1.807) is 11.4 Å². The Balaban J connectivity index is 2.31. The van der Waals surface area contributed by atoms with Gasteiger partial charge in [0.25, 0.3) is 10.2 Å². The first kappa shape index (κ1) is 26.9. The highest BCUT2D eigenvalue weighted by molar-refractivity contribution is 7.87. The van der Waals surface area contributed by atoms with Crippen LogP contribution in [0.2, 0.25) is 0 Å². The third kappa shape index (κ3) is 11.7. The van der Waals surface area contributed by atoms with E-state index in [0.717, 1.165) is 32.3 Å². The van der Waals surface area contributed by atoms with E-state index in [-0.39, 0.29) is 0 Å². The lowest BCUT2D eigenvalue weighted by molar-refractivity contribution is 0.0337. The molecule has 0 saturated carbocycles. The highest BCUT2D eigenvalue weighted by Gasteiger charge is 2.32. The van der Waals surface area contributed by atoms with Crippen LogP contribution in [0.3, 0.4) is 0 Å². The Bertz CT molecular complexity index is 549. The second-order valence-corrected chi connectivity index (χ2v) is 13.2. The minimum Gasteiger partial charge on any atom is -0.378 e. The van der Waals surface area contributed by atoms with Crippen molar-refractivity contribution in [3.8, 4) is 0 Å². The number of hydrogen-bond acceptors (Lipinski definition) is 3. The van der Waals surface area contributed by atoms with E-state index in [2.05, 4.69) is 41.5 Å². The Morgan fingerprint density at radius 3 is 1.97 bits per heavy atom. The van der Waals surface area contributed by atoms with Crippen LogP contribution in [-0.2, 0) is 14.9 Å². The summed E-state index contributed by atoms with van der Waals surface area (Å²) in [4.78, 5) is 0. The summed E-state index contributed by atoms with van der Waals surface area (Å²) in [6, 6.07) is 0. The third-order valence-corrected chi connectivity index (χ3v) is 7.68. The van der Waals surface area contributed by atoms with Gasteiger partial charge in [-0.15, -0.1) is 0 Å². The topological polar surface area (TPSA) is 49.9 Å². The summed E-state index contributed by atoms with van der Waals surface area (Å²) in [5.41, 5.74) is 0.789. The highest BCUT2D eigenvalue weighted by Crippen LogP contribution is 2.26. The average Bonchev–Trinajstić information content (AvgIpc) is 2.82. The lowest BCUT2D eigenvalue weighted by Crippen LogP contribution is -2.31. The average molecular weight is 433 g/mol. The Kier molecular flexibility index (Phi) is 11.1. The summed E-state index contributed by atoms with van der Waals surface area (Å²) in [6.07, 6.45) is 10.6. The van der Waals surface area contributed by atoms with Crippen LogP contribution in [0.25, 0.3) is 0 Å². The number of ether oxygens (including phenoxy) is 1. The molecule has 0 aliphatic carbocycles. The normalized spacial score (nSPS) is 19.7. The molecule has 1 rings (SSSR count). The highest BCUT2D eigenvalue weighted by atomic mass is 32.2. The van der Waals surface area contributed by atoms with Crippen LogP contribution in [0, 0.1) is 10.8 Å². The monoisotopic (exact) mass is 432 g/mol. The van der Waals surface area contributed by atoms with Gasteiger partial charge in [0.1, 0.15) is 0 Å². The Morgan fingerprint density at radius 2 is 1.41 bits per heavy atom. The zero-order valence-corrected chi connectivity index (χ0v) is 21.1. The smallest absolute Gasteiger partial charge is 0.281 e. The fourth-order valence-electron chi connectivity index (χ4n) is 3.75. The summed E-state index contributed by atoms with van der Waals surface area (Å²) in [6.45, 7) is 16.4. The fraction of sp³-hybridized carbons (Fsp3) is 1.00. The van der Waals surface area contributed by atoms with Gasteiger partial charge in [0, 0.05) is 33.3 Å². The number of likely N-dealkylation sites (N-methyl/N-ethyl adjacent to an activating group) is 1. The van der Waals surface area contributed by atoms with Crippen molar-refractivity contribution in [1.82, 2.24) is 8.61 Å². The molecule has 1 atom stereocenters. The van der Waals surface area contributed by atoms with Crippen molar-refractivity contribution in [2.75, 3.05) is 33.3 Å². The van der Waals surface area contributed by atoms with Gasteiger partial charge < -0.3 is 4.74 Å². The molecule has 1 heterocycles. The van der Waals surface area contributed by atoms with Gasteiger partial charge in [-0.1, -0.05) is 60.8 Å². The molecule has 174 valence electrons. The van der Waals surface area contributed by atoms with E-state index >= 15 is 0 Å². The Labute approximate surface area is 181 Å². The predicted octanol–water partition coefficient (Wildman–Crippen LogP) is 5.47. The van der Waals surface area contributed by atoms with Crippen molar-refractivity contribution in [3.05, 3.63) is 0 Å². The lowest BCUT2D eigenvalue weighted by Gasteiger charge is -2.23. The van der Waals surface area contributed by atoms with Crippen molar-refractivity contribution in [2.24, 2.45) is 10.8 Å². The van der Waals surface area contributed by atoms with E-state index in [4.69, 9.17) is 4.74 Å². The second kappa shape index (κ2) is 12.0. The molecule has 0 spiro atoms. The number of rotatable bonds is 13. The van der Waals surface area contributed by atoms with Crippen LogP contribution in [0.5, 0.6) is 0 Å². The zero-order valence-electron chi connectivity index (χ0n) is 20.3. The molecule has 6 heteroatoms. The molecular formula is C23H48N2O3S. The van der Waals surface area contributed by atoms with Crippen LogP contribution in [-0.4, -0.2) is 56.4 Å². The van der Waals surface area contributed by atoms with Gasteiger partial charge in [-0.3, -0.25) is 0 Å². The standard InChI is InChI=1S/C23H48N2O3S/c1-22(2,3)15-9-8-13-21(14-12-16-23(4,5)6)28-20-11-10-17-25-19-18-24(7)29(25,26)27/h21H,8-20H2,1-7H3. The molecule has 1 saturated heterocycles. The van der Waals surface area contributed by atoms with E-state index in [1.807, 2.05) is 0 Å². The quantitative estimate of drug-likeness (QED) is 0.363. The first-order chi connectivity index (χ1) is 13.3. The third-order valence-electron chi connectivity index (χ3n) is 5.70. The molecule has 1 aliphatic heterocycles. The molecule has 1 aliphatic rings. The lowest BCUT2D eigenvalue weighted by atomic mass is 9.87. The molecule has 0 aromatic heterocycles. The summed E-state index contributed by atoms with van der Waals surface area (Å²) < 4.78 is 33.5. The summed E-state index contributed by atoms with van der Waals surface area (Å²) in [5.74, 6) is 0. The SMILES string of the molecule is CN1CCN(CCCCOC(CCCCC(C)(C)C)CCCC(C)(C)C)S1(=O)=O. The summed E-state index contributed by atoms with van der Waals surface area (Å²) in [7, 11) is -1.54.